The molecule has 1 aromatic heterocycles. The number of nitrogens with zero attached hydrogens (tertiary/aromatic N) is 4. The highest BCUT2D eigenvalue weighted by molar-refractivity contribution is 5.79. The number of fused-ring (bicyclic) bond motifs is 1. The quantitative estimate of drug-likeness (QED) is 0.804. The molecule has 1 amide bonds. The van der Waals surface area contributed by atoms with E-state index in [1.807, 2.05) is 0 Å². The Bertz CT molecular complexity index is 603. The van der Waals surface area contributed by atoms with Gasteiger partial charge in [0.25, 0.3) is 0 Å². The molecule has 24 heavy (non-hydrogen) atoms. The van der Waals surface area contributed by atoms with Gasteiger partial charge in [0.1, 0.15) is 11.6 Å². The first-order chi connectivity index (χ1) is 11.7. The van der Waals surface area contributed by atoms with Crippen LogP contribution < -0.4 is 5.32 Å². The number of hydrogen-bond acceptors (Lipinski definition) is 4. The first kappa shape index (κ1) is 17.1. The fourth-order valence-electron chi connectivity index (χ4n) is 3.33. The number of aromatic nitrogens is 3. The fraction of sp³-hybridized carbons (Fsp3) is 0.722. The molecule has 0 bridgehead atoms. The molecule has 1 aromatic rings. The molecule has 2 aliphatic rings. The smallest absolute Gasteiger partial charge is 0.223 e. The average Bonchev–Trinajstić information content (AvgIpc) is 2.79. The molecular weight excluding hydrogens is 302 g/mol. The van der Waals surface area contributed by atoms with Gasteiger partial charge in [-0.05, 0) is 26.7 Å². The van der Waals surface area contributed by atoms with Gasteiger partial charge in [0.05, 0.1) is 0 Å². The van der Waals surface area contributed by atoms with Gasteiger partial charge in [0, 0.05) is 51.5 Å². The molecule has 0 unspecified atom stereocenters. The van der Waals surface area contributed by atoms with E-state index in [4.69, 9.17) is 0 Å². The Morgan fingerprint density at radius 1 is 1.29 bits per heavy atom. The van der Waals surface area contributed by atoms with Gasteiger partial charge in [-0.15, -0.1) is 10.2 Å². The van der Waals surface area contributed by atoms with E-state index in [-0.39, 0.29) is 11.8 Å². The van der Waals surface area contributed by atoms with Crippen LogP contribution in [0.25, 0.3) is 0 Å². The van der Waals surface area contributed by atoms with Gasteiger partial charge >= 0.3 is 0 Å². The van der Waals surface area contributed by atoms with E-state index in [2.05, 4.69) is 44.9 Å². The van der Waals surface area contributed by atoms with Crippen molar-refractivity contribution in [3.05, 3.63) is 23.3 Å². The van der Waals surface area contributed by atoms with Crippen LogP contribution in [0.3, 0.4) is 0 Å². The summed E-state index contributed by atoms with van der Waals surface area (Å²) in [5, 5.41) is 11.8. The zero-order valence-corrected chi connectivity index (χ0v) is 14.9. The first-order valence-corrected chi connectivity index (χ1v) is 9.20. The molecule has 1 N–H and O–H groups in total. The summed E-state index contributed by atoms with van der Waals surface area (Å²) < 4.78 is 2.25. The normalized spacial score (nSPS) is 19.5. The number of rotatable bonds is 6. The zero-order chi connectivity index (χ0) is 16.9. The molecule has 1 aliphatic carbocycles. The van der Waals surface area contributed by atoms with Crippen molar-refractivity contribution in [2.45, 2.75) is 52.5 Å². The van der Waals surface area contributed by atoms with E-state index in [0.717, 1.165) is 63.5 Å². The summed E-state index contributed by atoms with van der Waals surface area (Å²) in [6.45, 7) is 8.96. The molecule has 1 fully saturated rings. The molecule has 0 spiro atoms. The molecule has 0 radical (unpaired) electrons. The van der Waals surface area contributed by atoms with Crippen molar-refractivity contribution in [1.29, 1.82) is 0 Å². The summed E-state index contributed by atoms with van der Waals surface area (Å²) in [6, 6.07) is 0. The van der Waals surface area contributed by atoms with Crippen LogP contribution in [0, 0.1) is 5.92 Å². The molecule has 1 aliphatic heterocycles. The number of carbonyl (C=O) groups is 1. The topological polar surface area (TPSA) is 63.1 Å². The highest BCUT2D eigenvalue weighted by atomic mass is 16.1. The second kappa shape index (κ2) is 7.92. The van der Waals surface area contributed by atoms with Gasteiger partial charge in [-0.25, -0.2) is 0 Å². The Balaban J connectivity index is 1.51. The third-order valence-electron chi connectivity index (χ3n) is 5.29. The van der Waals surface area contributed by atoms with Crippen molar-refractivity contribution in [2.75, 3.05) is 26.2 Å². The lowest BCUT2D eigenvalue weighted by molar-refractivity contribution is -0.127. The van der Waals surface area contributed by atoms with E-state index in [9.17, 15) is 4.79 Å². The fourth-order valence-corrected chi connectivity index (χ4v) is 3.33. The van der Waals surface area contributed by atoms with E-state index in [1.165, 1.54) is 12.0 Å². The van der Waals surface area contributed by atoms with Crippen LogP contribution in [0.5, 0.6) is 0 Å². The number of amides is 1. The Morgan fingerprint density at radius 3 is 2.83 bits per heavy atom. The lowest BCUT2D eigenvalue weighted by atomic mass is 9.85. The van der Waals surface area contributed by atoms with Crippen LogP contribution >= 0.6 is 0 Å². The molecule has 3 rings (SSSR count). The maximum atomic E-state index is 11.9. The second-order valence-corrected chi connectivity index (χ2v) is 7.01. The third kappa shape index (κ3) is 4.04. The Labute approximate surface area is 144 Å². The van der Waals surface area contributed by atoms with Crippen LogP contribution in [-0.4, -0.2) is 51.8 Å². The van der Waals surface area contributed by atoms with Gasteiger partial charge < -0.3 is 9.88 Å². The van der Waals surface area contributed by atoms with E-state index in [1.54, 1.807) is 0 Å². The van der Waals surface area contributed by atoms with Gasteiger partial charge in [-0.2, -0.15) is 0 Å². The number of hydrogen-bond donors (Lipinski definition) is 1. The maximum absolute atomic E-state index is 11.9. The Kier molecular flexibility index (Phi) is 5.66. The lowest BCUT2D eigenvalue weighted by Gasteiger charge is -2.24. The van der Waals surface area contributed by atoms with Crippen LogP contribution in [0.1, 0.15) is 44.8 Å². The highest BCUT2D eigenvalue weighted by Crippen LogP contribution is 2.26. The van der Waals surface area contributed by atoms with Gasteiger partial charge in [0.2, 0.25) is 5.91 Å². The summed E-state index contributed by atoms with van der Waals surface area (Å²) in [5.74, 6) is 2.55. The van der Waals surface area contributed by atoms with Crippen LogP contribution in [0.2, 0.25) is 0 Å². The van der Waals surface area contributed by atoms with Crippen LogP contribution in [0.15, 0.2) is 11.6 Å². The molecular formula is C18H29N5O. The average molecular weight is 331 g/mol. The van der Waals surface area contributed by atoms with Crippen molar-refractivity contribution >= 4 is 5.91 Å². The molecule has 0 saturated heterocycles. The van der Waals surface area contributed by atoms with Crippen molar-refractivity contribution < 1.29 is 4.79 Å². The maximum Gasteiger partial charge on any atom is 0.223 e. The SMILES string of the molecule is C/C=C(\C)CN1CCc2nnc(CCNC(=O)C3CCC3)n2CC1. The lowest BCUT2D eigenvalue weighted by Crippen LogP contribution is -2.35. The first-order valence-electron chi connectivity index (χ1n) is 9.20. The minimum atomic E-state index is 0.213. The summed E-state index contributed by atoms with van der Waals surface area (Å²) in [5.41, 5.74) is 1.41. The number of allylic oxidation sites excluding steroid dienone is 1. The molecule has 132 valence electrons. The number of carbonyl (C=O) groups excluding carboxylic acids is 1. The van der Waals surface area contributed by atoms with Crippen molar-refractivity contribution in [2.24, 2.45) is 5.92 Å². The van der Waals surface area contributed by atoms with Crippen molar-refractivity contribution in [1.82, 2.24) is 25.0 Å². The monoisotopic (exact) mass is 331 g/mol. The summed E-state index contributed by atoms with van der Waals surface area (Å²) in [7, 11) is 0. The summed E-state index contributed by atoms with van der Waals surface area (Å²) in [6.07, 6.45) is 7.18. The van der Waals surface area contributed by atoms with Gasteiger partial charge in [0.15, 0.2) is 0 Å². The molecule has 0 aromatic carbocycles. The molecule has 1 saturated carbocycles. The van der Waals surface area contributed by atoms with Crippen LogP contribution in [-0.2, 0) is 24.2 Å². The molecule has 2 heterocycles. The van der Waals surface area contributed by atoms with Gasteiger partial charge in [-0.3, -0.25) is 9.69 Å². The number of nitrogens with one attached hydrogen (secondary N) is 1. The Morgan fingerprint density at radius 2 is 2.12 bits per heavy atom. The largest absolute Gasteiger partial charge is 0.355 e. The second-order valence-electron chi connectivity index (χ2n) is 7.01. The van der Waals surface area contributed by atoms with Crippen LogP contribution in [0.4, 0.5) is 0 Å². The van der Waals surface area contributed by atoms with E-state index < -0.39 is 0 Å². The third-order valence-corrected chi connectivity index (χ3v) is 5.29. The van der Waals surface area contributed by atoms with E-state index >= 15 is 0 Å². The van der Waals surface area contributed by atoms with Crippen molar-refractivity contribution in [3.8, 4) is 0 Å². The molecule has 0 atom stereocenters. The molecule has 6 nitrogen and oxygen atoms in total. The summed E-state index contributed by atoms with van der Waals surface area (Å²) >= 11 is 0. The van der Waals surface area contributed by atoms with Gasteiger partial charge in [-0.1, -0.05) is 18.1 Å². The molecule has 6 heteroatoms. The predicted octanol–water partition coefficient (Wildman–Crippen LogP) is 1.56. The highest BCUT2D eigenvalue weighted by Gasteiger charge is 2.25. The Hall–Kier alpha value is -1.69. The van der Waals surface area contributed by atoms with E-state index in [0.29, 0.717) is 6.54 Å². The summed E-state index contributed by atoms with van der Waals surface area (Å²) in [4.78, 5) is 14.4. The van der Waals surface area contributed by atoms with Crippen molar-refractivity contribution in [3.63, 3.8) is 0 Å². The zero-order valence-electron chi connectivity index (χ0n) is 14.9. The minimum absolute atomic E-state index is 0.213. The predicted molar refractivity (Wildman–Crippen MR) is 93.7 cm³/mol. The minimum Gasteiger partial charge on any atom is -0.355 e. The standard InChI is InChI=1S/C18H29N5O/c1-3-14(2)13-22-10-8-17-21-20-16(23(17)12-11-22)7-9-19-18(24)15-5-4-6-15/h3,15H,4-13H2,1-2H3,(H,19,24)/b14-3+.